The second-order valence-electron chi connectivity index (χ2n) is 5.22. The topological polar surface area (TPSA) is 50.4 Å². The summed E-state index contributed by atoms with van der Waals surface area (Å²) in [5.74, 6) is 1.78. The van der Waals surface area contributed by atoms with E-state index in [1.54, 1.807) is 7.11 Å². The summed E-state index contributed by atoms with van der Waals surface area (Å²) >= 11 is 0. The minimum atomic E-state index is 0.106. The highest BCUT2D eigenvalue weighted by Crippen LogP contribution is 2.33. The van der Waals surface area contributed by atoms with Gasteiger partial charge in [-0.25, -0.2) is 0 Å². The van der Waals surface area contributed by atoms with Gasteiger partial charge in [-0.1, -0.05) is 13.8 Å². The van der Waals surface area contributed by atoms with Gasteiger partial charge in [0.15, 0.2) is 0 Å². The molecular weight excluding hydrogens is 216 g/mol. The monoisotopic (exact) mass is 242 g/mol. The van der Waals surface area contributed by atoms with Crippen LogP contribution in [0.1, 0.15) is 33.1 Å². The second kappa shape index (κ2) is 7.67. The number of ether oxygens (including phenoxy) is 1. The van der Waals surface area contributed by atoms with Crippen molar-refractivity contribution in [1.82, 2.24) is 10.6 Å². The summed E-state index contributed by atoms with van der Waals surface area (Å²) in [5, 5.41) is 6.25. The highest BCUT2D eigenvalue weighted by atomic mass is 16.5. The quantitative estimate of drug-likeness (QED) is 0.628. The molecule has 17 heavy (non-hydrogen) atoms. The number of nitrogens with one attached hydrogen (secondary N) is 2. The Bertz CT molecular complexity index is 225. The summed E-state index contributed by atoms with van der Waals surface area (Å²) in [5.41, 5.74) is 0. The summed E-state index contributed by atoms with van der Waals surface area (Å²) in [6.07, 6.45) is 3.10. The number of hydrogen-bond donors (Lipinski definition) is 2. The predicted octanol–water partition coefficient (Wildman–Crippen LogP) is 1.16. The summed E-state index contributed by atoms with van der Waals surface area (Å²) in [7, 11) is 1.63. The van der Waals surface area contributed by atoms with E-state index in [1.165, 1.54) is 12.8 Å². The molecule has 1 fully saturated rings. The highest BCUT2D eigenvalue weighted by Gasteiger charge is 2.30. The Hall–Kier alpha value is -0.610. The standard InChI is InChI=1S/C13H26N2O2/c1-10(2)11-8-12(9-11)14-5-4-13(16)15-6-7-17-3/h10-12,14H,4-9H2,1-3H3,(H,15,16). The van der Waals surface area contributed by atoms with Gasteiger partial charge in [0, 0.05) is 32.7 Å². The minimum absolute atomic E-state index is 0.106. The van der Waals surface area contributed by atoms with Crippen LogP contribution in [0.2, 0.25) is 0 Å². The van der Waals surface area contributed by atoms with E-state index in [1.807, 2.05) is 0 Å². The van der Waals surface area contributed by atoms with Gasteiger partial charge in [0.05, 0.1) is 6.61 Å². The van der Waals surface area contributed by atoms with E-state index in [0.29, 0.717) is 25.6 Å². The molecule has 100 valence electrons. The highest BCUT2D eigenvalue weighted by molar-refractivity contribution is 5.76. The van der Waals surface area contributed by atoms with Gasteiger partial charge in [-0.05, 0) is 24.7 Å². The number of hydrogen-bond acceptors (Lipinski definition) is 3. The molecule has 0 aromatic heterocycles. The Morgan fingerprint density at radius 2 is 2.06 bits per heavy atom. The molecule has 4 heteroatoms. The first kappa shape index (κ1) is 14.5. The van der Waals surface area contributed by atoms with Crippen LogP contribution < -0.4 is 10.6 Å². The summed E-state index contributed by atoms with van der Waals surface area (Å²) in [6, 6.07) is 0.633. The lowest BCUT2D eigenvalue weighted by atomic mass is 9.74. The van der Waals surface area contributed by atoms with Crippen molar-refractivity contribution >= 4 is 5.91 Å². The zero-order valence-corrected chi connectivity index (χ0v) is 11.3. The van der Waals surface area contributed by atoms with Gasteiger partial charge in [-0.15, -0.1) is 0 Å². The number of carbonyl (C=O) groups is 1. The number of carbonyl (C=O) groups excluding carboxylic acids is 1. The van der Waals surface area contributed by atoms with Crippen LogP contribution in [0.15, 0.2) is 0 Å². The Morgan fingerprint density at radius 1 is 1.35 bits per heavy atom. The van der Waals surface area contributed by atoms with Crippen LogP contribution in [-0.2, 0) is 9.53 Å². The fourth-order valence-electron chi connectivity index (χ4n) is 2.14. The molecule has 1 amide bonds. The van der Waals surface area contributed by atoms with Gasteiger partial charge in [0.1, 0.15) is 0 Å². The van der Waals surface area contributed by atoms with E-state index in [-0.39, 0.29) is 5.91 Å². The van der Waals surface area contributed by atoms with Crippen molar-refractivity contribution < 1.29 is 9.53 Å². The molecule has 0 atom stereocenters. The van der Waals surface area contributed by atoms with Gasteiger partial charge in [-0.2, -0.15) is 0 Å². The van der Waals surface area contributed by atoms with Crippen molar-refractivity contribution in [3.05, 3.63) is 0 Å². The minimum Gasteiger partial charge on any atom is -0.383 e. The summed E-state index contributed by atoms with van der Waals surface area (Å²) in [6.45, 7) is 6.54. The Morgan fingerprint density at radius 3 is 2.65 bits per heavy atom. The third kappa shape index (κ3) is 5.50. The molecule has 1 saturated carbocycles. The molecule has 0 saturated heterocycles. The molecule has 1 aliphatic carbocycles. The van der Waals surface area contributed by atoms with Crippen molar-refractivity contribution in [2.45, 2.75) is 39.2 Å². The second-order valence-corrected chi connectivity index (χ2v) is 5.22. The van der Waals surface area contributed by atoms with E-state index in [4.69, 9.17) is 4.74 Å². The molecule has 2 N–H and O–H groups in total. The first-order valence-electron chi connectivity index (χ1n) is 6.62. The maximum atomic E-state index is 11.4. The van der Waals surface area contributed by atoms with Crippen molar-refractivity contribution in [3.63, 3.8) is 0 Å². The Labute approximate surface area is 104 Å². The summed E-state index contributed by atoms with van der Waals surface area (Å²) in [4.78, 5) is 11.4. The fourth-order valence-corrected chi connectivity index (χ4v) is 2.14. The molecule has 0 heterocycles. The van der Waals surface area contributed by atoms with Gasteiger partial charge >= 0.3 is 0 Å². The largest absolute Gasteiger partial charge is 0.383 e. The van der Waals surface area contributed by atoms with Crippen LogP contribution >= 0.6 is 0 Å². The molecule has 0 aliphatic heterocycles. The van der Waals surface area contributed by atoms with Crippen molar-refractivity contribution in [2.24, 2.45) is 11.8 Å². The fraction of sp³-hybridized carbons (Fsp3) is 0.923. The number of rotatable bonds is 8. The van der Waals surface area contributed by atoms with Gasteiger partial charge in [0.2, 0.25) is 5.91 Å². The molecular formula is C13H26N2O2. The van der Waals surface area contributed by atoms with Gasteiger partial charge in [0.25, 0.3) is 0 Å². The first-order valence-corrected chi connectivity index (χ1v) is 6.62. The van der Waals surface area contributed by atoms with Crippen LogP contribution in [0.3, 0.4) is 0 Å². The van der Waals surface area contributed by atoms with E-state index < -0.39 is 0 Å². The number of methoxy groups -OCH3 is 1. The number of amides is 1. The zero-order valence-electron chi connectivity index (χ0n) is 11.3. The maximum absolute atomic E-state index is 11.4. The van der Waals surface area contributed by atoms with E-state index in [9.17, 15) is 4.79 Å². The molecule has 0 aromatic rings. The zero-order chi connectivity index (χ0) is 12.7. The van der Waals surface area contributed by atoms with Crippen LogP contribution in [0, 0.1) is 11.8 Å². The molecule has 0 bridgehead atoms. The van der Waals surface area contributed by atoms with Gasteiger partial charge in [-0.3, -0.25) is 4.79 Å². The smallest absolute Gasteiger partial charge is 0.221 e. The van der Waals surface area contributed by atoms with Crippen LogP contribution in [0.25, 0.3) is 0 Å². The maximum Gasteiger partial charge on any atom is 0.221 e. The van der Waals surface area contributed by atoms with E-state index >= 15 is 0 Å². The average molecular weight is 242 g/mol. The molecule has 1 rings (SSSR count). The van der Waals surface area contributed by atoms with Gasteiger partial charge < -0.3 is 15.4 Å². The first-order chi connectivity index (χ1) is 8.13. The normalized spacial score (nSPS) is 23.5. The van der Waals surface area contributed by atoms with Crippen molar-refractivity contribution in [1.29, 1.82) is 0 Å². The third-order valence-electron chi connectivity index (χ3n) is 3.53. The SMILES string of the molecule is COCCNC(=O)CCNC1CC(C(C)C)C1. The lowest BCUT2D eigenvalue weighted by Gasteiger charge is -2.38. The Kier molecular flexibility index (Phi) is 6.52. The lowest BCUT2D eigenvalue weighted by Crippen LogP contribution is -2.44. The van der Waals surface area contributed by atoms with Crippen molar-refractivity contribution in [2.75, 3.05) is 26.8 Å². The third-order valence-corrected chi connectivity index (χ3v) is 3.53. The molecule has 0 aromatic carbocycles. The average Bonchev–Trinajstić information content (AvgIpc) is 2.21. The lowest BCUT2D eigenvalue weighted by molar-refractivity contribution is -0.121. The molecule has 1 aliphatic rings. The molecule has 0 spiro atoms. The molecule has 0 unspecified atom stereocenters. The van der Waals surface area contributed by atoms with Crippen molar-refractivity contribution in [3.8, 4) is 0 Å². The van der Waals surface area contributed by atoms with E-state index in [0.717, 1.165) is 18.4 Å². The van der Waals surface area contributed by atoms with Crippen LogP contribution in [-0.4, -0.2) is 38.8 Å². The Balaban J connectivity index is 1.93. The molecule has 4 nitrogen and oxygen atoms in total. The van der Waals surface area contributed by atoms with Crippen LogP contribution in [0.4, 0.5) is 0 Å². The predicted molar refractivity (Wildman–Crippen MR) is 68.9 cm³/mol. The van der Waals surface area contributed by atoms with E-state index in [2.05, 4.69) is 24.5 Å². The van der Waals surface area contributed by atoms with Crippen LogP contribution in [0.5, 0.6) is 0 Å². The summed E-state index contributed by atoms with van der Waals surface area (Å²) < 4.78 is 4.87. The molecule has 0 radical (unpaired) electrons.